The number of hydrogen-bond donors (Lipinski definition) is 2. The highest BCUT2D eigenvalue weighted by Crippen LogP contribution is 2.31. The number of nitrogens with zero attached hydrogens (tertiary/aromatic N) is 3. The van der Waals surface area contributed by atoms with Crippen LogP contribution in [0.5, 0.6) is 5.75 Å². The topological polar surface area (TPSA) is 98.9 Å². The number of nitrogen functional groups attached to an aromatic ring is 2. The second-order valence-corrected chi connectivity index (χ2v) is 6.08. The van der Waals surface area contributed by atoms with Crippen LogP contribution >= 0.6 is 11.6 Å². The van der Waals surface area contributed by atoms with E-state index in [0.29, 0.717) is 28.6 Å². The van der Waals surface area contributed by atoms with Crippen molar-refractivity contribution in [3.05, 3.63) is 70.7 Å². The van der Waals surface area contributed by atoms with E-state index in [4.69, 9.17) is 27.8 Å². The Kier molecular flexibility index (Phi) is 5.34. The van der Waals surface area contributed by atoms with Crippen molar-refractivity contribution in [3.63, 3.8) is 0 Å². The van der Waals surface area contributed by atoms with Crippen molar-refractivity contribution in [2.75, 3.05) is 18.6 Å². The molecule has 0 aliphatic rings. The maximum atomic E-state index is 6.03. The van der Waals surface area contributed by atoms with E-state index in [1.54, 1.807) is 37.4 Å². The Labute approximate surface area is 156 Å². The molecule has 2 aromatic carbocycles. The van der Waals surface area contributed by atoms with Gasteiger partial charge in [0.2, 0.25) is 0 Å². The van der Waals surface area contributed by atoms with Crippen molar-refractivity contribution in [1.29, 1.82) is 0 Å². The molecule has 0 saturated carbocycles. The molecule has 0 bridgehead atoms. The van der Waals surface area contributed by atoms with Gasteiger partial charge in [0.1, 0.15) is 17.3 Å². The zero-order chi connectivity index (χ0) is 18.5. The number of aromatic nitrogens is 1. The lowest BCUT2D eigenvalue weighted by Gasteiger charge is -2.10. The van der Waals surface area contributed by atoms with E-state index in [-0.39, 0.29) is 5.82 Å². The largest absolute Gasteiger partial charge is 0.497 e. The van der Waals surface area contributed by atoms with Crippen molar-refractivity contribution in [1.82, 2.24) is 4.98 Å². The van der Waals surface area contributed by atoms with Crippen molar-refractivity contribution in [2.24, 2.45) is 10.2 Å². The first-order valence-electron chi connectivity index (χ1n) is 7.90. The molecule has 0 radical (unpaired) electrons. The molecule has 0 fully saturated rings. The molecule has 1 aromatic heterocycles. The Morgan fingerprint density at radius 1 is 1.04 bits per heavy atom. The summed E-state index contributed by atoms with van der Waals surface area (Å²) in [7, 11) is 1.63. The van der Waals surface area contributed by atoms with Crippen LogP contribution < -0.4 is 16.2 Å². The van der Waals surface area contributed by atoms with Crippen LogP contribution in [0.4, 0.5) is 23.0 Å². The molecule has 3 aromatic rings. The van der Waals surface area contributed by atoms with Gasteiger partial charge in [-0.1, -0.05) is 23.7 Å². The number of hydrogen-bond acceptors (Lipinski definition) is 6. The minimum atomic E-state index is 0.237. The SMILES string of the molecule is COc1cccc(Cc2cc(N)nc(N)c2N=Nc2ccc(Cl)cc2)c1. The van der Waals surface area contributed by atoms with E-state index in [9.17, 15) is 0 Å². The summed E-state index contributed by atoms with van der Waals surface area (Å²) >= 11 is 5.89. The van der Waals surface area contributed by atoms with Crippen molar-refractivity contribution in [2.45, 2.75) is 6.42 Å². The number of ether oxygens (including phenoxy) is 1. The highest BCUT2D eigenvalue weighted by Gasteiger charge is 2.11. The maximum Gasteiger partial charge on any atom is 0.154 e. The van der Waals surface area contributed by atoms with E-state index in [2.05, 4.69) is 15.2 Å². The van der Waals surface area contributed by atoms with Gasteiger partial charge in [0.25, 0.3) is 0 Å². The minimum absolute atomic E-state index is 0.237. The minimum Gasteiger partial charge on any atom is -0.497 e. The van der Waals surface area contributed by atoms with Crippen LogP contribution in [-0.4, -0.2) is 12.1 Å². The lowest BCUT2D eigenvalue weighted by atomic mass is 10.0. The summed E-state index contributed by atoms with van der Waals surface area (Å²) in [5.74, 6) is 1.35. The summed E-state index contributed by atoms with van der Waals surface area (Å²) in [4.78, 5) is 4.09. The van der Waals surface area contributed by atoms with E-state index in [0.717, 1.165) is 16.9 Å². The Morgan fingerprint density at radius 2 is 1.81 bits per heavy atom. The summed E-state index contributed by atoms with van der Waals surface area (Å²) < 4.78 is 5.27. The van der Waals surface area contributed by atoms with Gasteiger partial charge < -0.3 is 16.2 Å². The fraction of sp³-hybridized carbons (Fsp3) is 0.105. The predicted molar refractivity (Wildman–Crippen MR) is 104 cm³/mol. The van der Waals surface area contributed by atoms with Gasteiger partial charge in [0.15, 0.2) is 5.82 Å². The number of methoxy groups -OCH3 is 1. The van der Waals surface area contributed by atoms with Crippen LogP contribution in [-0.2, 0) is 6.42 Å². The molecule has 132 valence electrons. The van der Waals surface area contributed by atoms with Crippen LogP contribution in [0.15, 0.2) is 64.8 Å². The van der Waals surface area contributed by atoms with E-state index < -0.39 is 0 Å². The monoisotopic (exact) mass is 367 g/mol. The molecule has 0 saturated heterocycles. The van der Waals surface area contributed by atoms with Gasteiger partial charge in [0, 0.05) is 11.4 Å². The third-order valence-corrected chi connectivity index (χ3v) is 3.99. The number of halogens is 1. The second kappa shape index (κ2) is 7.84. The van der Waals surface area contributed by atoms with Gasteiger partial charge in [-0.15, -0.1) is 5.11 Å². The number of nitrogens with two attached hydrogens (primary N) is 2. The first-order chi connectivity index (χ1) is 12.5. The fourth-order valence-corrected chi connectivity index (χ4v) is 2.63. The third-order valence-electron chi connectivity index (χ3n) is 3.74. The molecule has 4 N–H and O–H groups in total. The molecule has 0 aliphatic carbocycles. The Bertz CT molecular complexity index is 941. The molecule has 6 nitrogen and oxygen atoms in total. The lowest BCUT2D eigenvalue weighted by Crippen LogP contribution is -2.00. The van der Waals surface area contributed by atoms with Gasteiger partial charge >= 0.3 is 0 Å². The maximum absolute atomic E-state index is 6.03. The first-order valence-corrected chi connectivity index (χ1v) is 8.28. The standard InChI is InChI=1S/C19H18ClN5O/c1-26-16-4-2-3-12(10-16)9-13-11-17(21)23-19(22)18(13)25-24-15-7-5-14(20)6-8-15/h2-8,10-11H,9H2,1H3,(H4,21,22,23). The molecule has 0 amide bonds. The molecular weight excluding hydrogens is 350 g/mol. The number of pyridine rings is 1. The Morgan fingerprint density at radius 3 is 2.54 bits per heavy atom. The number of azo groups is 1. The van der Waals surface area contributed by atoms with E-state index in [1.165, 1.54) is 0 Å². The lowest BCUT2D eigenvalue weighted by molar-refractivity contribution is 0.414. The van der Waals surface area contributed by atoms with Crippen LogP contribution in [0.25, 0.3) is 0 Å². The molecule has 0 spiro atoms. The van der Waals surface area contributed by atoms with Crippen molar-refractivity contribution >= 4 is 34.6 Å². The summed E-state index contributed by atoms with van der Waals surface area (Å²) in [6, 6.07) is 16.6. The number of anilines is 2. The smallest absolute Gasteiger partial charge is 0.154 e. The van der Waals surface area contributed by atoms with Crippen LogP contribution in [0, 0.1) is 0 Å². The van der Waals surface area contributed by atoms with Crippen LogP contribution in [0.1, 0.15) is 11.1 Å². The third kappa shape index (κ3) is 4.29. The molecule has 7 heteroatoms. The predicted octanol–water partition coefficient (Wildman–Crippen LogP) is 4.91. The summed E-state index contributed by atoms with van der Waals surface area (Å²) in [5.41, 5.74) is 14.9. The second-order valence-electron chi connectivity index (χ2n) is 5.64. The van der Waals surface area contributed by atoms with Gasteiger partial charge in [-0.3, -0.25) is 0 Å². The van der Waals surface area contributed by atoms with Gasteiger partial charge in [-0.25, -0.2) is 4.98 Å². The average Bonchev–Trinajstić information content (AvgIpc) is 2.62. The molecule has 1 heterocycles. The summed E-state index contributed by atoms with van der Waals surface area (Å²) in [6.07, 6.45) is 0.573. The van der Waals surface area contributed by atoms with E-state index in [1.807, 2.05) is 24.3 Å². The zero-order valence-corrected chi connectivity index (χ0v) is 14.9. The number of benzene rings is 2. The van der Waals surface area contributed by atoms with Crippen molar-refractivity contribution in [3.8, 4) is 5.75 Å². The molecule has 0 unspecified atom stereocenters. The fourth-order valence-electron chi connectivity index (χ4n) is 2.50. The average molecular weight is 368 g/mol. The van der Waals surface area contributed by atoms with Crippen LogP contribution in [0.3, 0.4) is 0 Å². The first kappa shape index (κ1) is 17.7. The molecule has 0 atom stereocenters. The Balaban J connectivity index is 1.95. The quantitative estimate of drug-likeness (QED) is 0.625. The highest BCUT2D eigenvalue weighted by atomic mass is 35.5. The highest BCUT2D eigenvalue weighted by molar-refractivity contribution is 6.30. The van der Waals surface area contributed by atoms with Gasteiger partial charge in [0.05, 0.1) is 12.8 Å². The van der Waals surface area contributed by atoms with Gasteiger partial charge in [-0.2, -0.15) is 5.11 Å². The summed E-state index contributed by atoms with van der Waals surface area (Å²) in [5, 5.41) is 9.15. The molecule has 26 heavy (non-hydrogen) atoms. The van der Waals surface area contributed by atoms with Crippen LogP contribution in [0.2, 0.25) is 5.02 Å². The molecule has 0 aliphatic heterocycles. The van der Waals surface area contributed by atoms with E-state index >= 15 is 0 Å². The van der Waals surface area contributed by atoms with Crippen molar-refractivity contribution < 1.29 is 4.74 Å². The van der Waals surface area contributed by atoms with Gasteiger partial charge in [-0.05, 0) is 53.6 Å². The molecular formula is C19H18ClN5O. The zero-order valence-electron chi connectivity index (χ0n) is 14.2. The molecule has 3 rings (SSSR count). The Hall–Kier alpha value is -3.12. The number of rotatable bonds is 5. The summed E-state index contributed by atoms with van der Waals surface area (Å²) in [6.45, 7) is 0. The normalized spacial score (nSPS) is 11.0.